The van der Waals surface area contributed by atoms with Gasteiger partial charge in [0, 0.05) is 25.9 Å². The molecule has 0 aliphatic heterocycles. The van der Waals surface area contributed by atoms with Gasteiger partial charge in [-0.15, -0.1) is 0 Å². The topological polar surface area (TPSA) is 0 Å². The zero-order valence-electron chi connectivity index (χ0n) is 11.7. The van der Waals surface area contributed by atoms with Crippen molar-refractivity contribution in [2.75, 3.05) is 0 Å². The van der Waals surface area contributed by atoms with Crippen molar-refractivity contribution in [3.63, 3.8) is 0 Å². The molecule has 0 fully saturated rings. The predicted octanol–water partition coefficient (Wildman–Crippen LogP) is 3.84. The summed E-state index contributed by atoms with van der Waals surface area (Å²) in [7, 11) is -0.562. The summed E-state index contributed by atoms with van der Waals surface area (Å²) in [6.45, 7) is 7.07. The molecule has 0 unspecified atom stereocenters. The van der Waals surface area contributed by atoms with Crippen LogP contribution in [0.25, 0.3) is 0 Å². The molecule has 2 heteroatoms. The Morgan fingerprint density at radius 2 is 1.67 bits per heavy atom. The molecule has 0 radical (unpaired) electrons. The fourth-order valence-electron chi connectivity index (χ4n) is 1.95. The Kier molecular flexibility index (Phi) is 10.0. The Hall–Kier alpha value is -0.564. The van der Waals surface area contributed by atoms with Crippen LogP contribution in [0.5, 0.6) is 0 Å². The van der Waals surface area contributed by atoms with E-state index in [0.29, 0.717) is 0 Å². The summed E-state index contributed by atoms with van der Waals surface area (Å²) in [6, 6.07) is 16.8. The van der Waals surface area contributed by atoms with E-state index in [1.807, 2.05) is 30.3 Å². The van der Waals surface area contributed by atoms with Gasteiger partial charge in [0.15, 0.2) is 0 Å². The van der Waals surface area contributed by atoms with E-state index in [0.717, 1.165) is 0 Å². The van der Waals surface area contributed by atoms with Crippen LogP contribution in [0.2, 0.25) is 13.1 Å². The Bertz CT molecular complexity index is 356. The SMILES string of the molecule is CCCC[c-]1cccc1[SiH](C)C.[Fe].[cH-]1[cH-][cH-][cH-][cH-]1. The maximum atomic E-state index is 2.41. The van der Waals surface area contributed by atoms with Gasteiger partial charge < -0.3 is 30.3 Å². The summed E-state index contributed by atoms with van der Waals surface area (Å²) in [6.07, 6.45) is 3.95. The standard InChI is InChI=1S/C11H19Si.C5H5.Fe/c1-4-5-7-10-8-6-9-11(10)12(2)3;1-2-4-5-3-1;/h6,8-9,12H,4-5,7H2,1-3H3;1-5H;/q-1;-5;. The second kappa shape index (κ2) is 10.4. The molecule has 106 valence electrons. The molecule has 0 saturated carbocycles. The molecular formula is C16H24FeSi-6. The van der Waals surface area contributed by atoms with Crippen molar-refractivity contribution >= 4 is 14.0 Å². The van der Waals surface area contributed by atoms with Gasteiger partial charge in [0.05, 0.1) is 0 Å². The molecule has 0 N–H and O–H groups in total. The van der Waals surface area contributed by atoms with E-state index >= 15 is 0 Å². The van der Waals surface area contributed by atoms with Gasteiger partial charge in [-0.3, -0.25) is 0 Å². The molecule has 0 aliphatic rings. The first-order valence-electron chi connectivity index (χ1n) is 6.66. The number of rotatable bonds is 4. The average Bonchev–Trinajstić information content (AvgIpc) is 2.99. The predicted molar refractivity (Wildman–Crippen MR) is 81.2 cm³/mol. The van der Waals surface area contributed by atoms with E-state index < -0.39 is 8.80 Å². The molecule has 0 atom stereocenters. The number of unbranched alkanes of at least 4 members (excludes halogenated alkanes) is 1. The summed E-state index contributed by atoms with van der Waals surface area (Å²) >= 11 is 0. The molecule has 0 saturated heterocycles. The van der Waals surface area contributed by atoms with Crippen LogP contribution in [0.1, 0.15) is 25.3 Å². The molecule has 0 aromatic heterocycles. The summed E-state index contributed by atoms with van der Waals surface area (Å²) in [5.41, 5.74) is 1.62. The Morgan fingerprint density at radius 1 is 1.11 bits per heavy atom. The van der Waals surface area contributed by atoms with Crippen molar-refractivity contribution in [2.24, 2.45) is 0 Å². The average molecular weight is 300 g/mol. The molecule has 2 aromatic rings. The molecule has 0 heterocycles. The normalized spacial score (nSPS) is 9.56. The maximum Gasteiger partial charge on any atom is 0.0370 e. The van der Waals surface area contributed by atoms with Crippen LogP contribution in [0.15, 0.2) is 48.5 Å². The third kappa shape index (κ3) is 6.39. The van der Waals surface area contributed by atoms with Gasteiger partial charge in [-0.05, 0) is 0 Å². The van der Waals surface area contributed by atoms with Crippen LogP contribution in [0.3, 0.4) is 0 Å². The maximum absolute atomic E-state index is 2.41. The largest absolute Gasteiger partial charge is 0.748 e. The minimum atomic E-state index is -0.562. The van der Waals surface area contributed by atoms with Crippen molar-refractivity contribution < 1.29 is 17.1 Å². The smallest absolute Gasteiger partial charge is 0.0370 e. The van der Waals surface area contributed by atoms with Gasteiger partial charge >= 0.3 is 0 Å². The Labute approximate surface area is 124 Å². The first-order valence-corrected chi connectivity index (χ1v) is 9.55. The van der Waals surface area contributed by atoms with E-state index in [1.54, 1.807) is 10.8 Å². The Balaban J connectivity index is 0.000000405. The summed E-state index contributed by atoms with van der Waals surface area (Å²) in [5.74, 6) is 0. The van der Waals surface area contributed by atoms with Gasteiger partial charge in [-0.2, -0.15) is 16.8 Å². The minimum Gasteiger partial charge on any atom is -0.748 e. The van der Waals surface area contributed by atoms with Gasteiger partial charge in [0.1, 0.15) is 0 Å². The van der Waals surface area contributed by atoms with Gasteiger partial charge in [-0.1, -0.05) is 39.3 Å². The van der Waals surface area contributed by atoms with Gasteiger partial charge in [-0.25, -0.2) is 12.1 Å². The van der Waals surface area contributed by atoms with E-state index in [-0.39, 0.29) is 17.1 Å². The van der Waals surface area contributed by atoms with Crippen molar-refractivity contribution in [3.05, 3.63) is 54.1 Å². The molecule has 2 aromatic carbocycles. The van der Waals surface area contributed by atoms with Crippen molar-refractivity contribution in [1.82, 2.24) is 0 Å². The van der Waals surface area contributed by atoms with Crippen LogP contribution in [-0.2, 0) is 23.5 Å². The third-order valence-corrected chi connectivity index (χ3v) is 4.73. The van der Waals surface area contributed by atoms with Crippen LogP contribution in [-0.4, -0.2) is 8.80 Å². The summed E-state index contributed by atoms with van der Waals surface area (Å²) < 4.78 is 0. The summed E-state index contributed by atoms with van der Waals surface area (Å²) in [4.78, 5) is 0. The molecule has 0 spiro atoms. The van der Waals surface area contributed by atoms with E-state index in [4.69, 9.17) is 0 Å². The fourth-order valence-corrected chi connectivity index (χ4v) is 3.43. The number of hydrogen-bond acceptors (Lipinski definition) is 0. The fraction of sp³-hybridized carbons (Fsp3) is 0.375. The van der Waals surface area contributed by atoms with Crippen molar-refractivity contribution in [3.8, 4) is 0 Å². The molecule has 18 heavy (non-hydrogen) atoms. The van der Waals surface area contributed by atoms with Crippen LogP contribution in [0, 0.1) is 0 Å². The van der Waals surface area contributed by atoms with Crippen molar-refractivity contribution in [2.45, 2.75) is 39.3 Å². The first kappa shape index (κ1) is 17.4. The Morgan fingerprint density at radius 3 is 2.11 bits per heavy atom. The molecular weight excluding hydrogens is 276 g/mol. The molecule has 2 rings (SSSR count). The van der Waals surface area contributed by atoms with Crippen LogP contribution < -0.4 is 5.19 Å². The van der Waals surface area contributed by atoms with Crippen LogP contribution in [0.4, 0.5) is 0 Å². The van der Waals surface area contributed by atoms with E-state index in [9.17, 15) is 0 Å². The third-order valence-electron chi connectivity index (χ3n) is 2.92. The molecule has 0 aliphatic carbocycles. The van der Waals surface area contributed by atoms with Gasteiger partial charge in [0.25, 0.3) is 0 Å². The second-order valence-electron chi connectivity index (χ2n) is 4.73. The van der Waals surface area contributed by atoms with E-state index in [2.05, 4.69) is 38.2 Å². The molecule has 0 bridgehead atoms. The number of hydrogen-bond donors (Lipinski definition) is 0. The monoisotopic (exact) mass is 300 g/mol. The minimum absolute atomic E-state index is 0. The molecule has 0 amide bonds. The van der Waals surface area contributed by atoms with Crippen molar-refractivity contribution in [1.29, 1.82) is 0 Å². The van der Waals surface area contributed by atoms with Crippen LogP contribution >= 0.6 is 0 Å². The van der Waals surface area contributed by atoms with Gasteiger partial charge in [0.2, 0.25) is 0 Å². The second-order valence-corrected chi connectivity index (χ2v) is 7.66. The number of aryl methyl sites for hydroxylation is 1. The quantitative estimate of drug-likeness (QED) is 0.594. The summed E-state index contributed by atoms with van der Waals surface area (Å²) in [5, 5.41) is 1.68. The molecule has 0 nitrogen and oxygen atoms in total. The van der Waals surface area contributed by atoms with E-state index in [1.165, 1.54) is 19.3 Å². The zero-order chi connectivity index (χ0) is 12.5. The first-order chi connectivity index (χ1) is 8.25. The zero-order valence-corrected chi connectivity index (χ0v) is 13.9.